The third-order valence-corrected chi connectivity index (χ3v) is 3.15. The van der Waals surface area contributed by atoms with Gasteiger partial charge in [-0.1, -0.05) is 6.07 Å². The van der Waals surface area contributed by atoms with E-state index in [2.05, 4.69) is 23.9 Å². The lowest BCUT2D eigenvalue weighted by Gasteiger charge is -2.11. The Bertz CT molecular complexity index is 739. The fourth-order valence-corrected chi connectivity index (χ4v) is 2.35. The summed E-state index contributed by atoms with van der Waals surface area (Å²) in [6.45, 7) is 4.12. The van der Waals surface area contributed by atoms with Gasteiger partial charge in [-0.3, -0.25) is 4.68 Å². The van der Waals surface area contributed by atoms with E-state index in [-0.39, 0.29) is 11.9 Å². The second kappa shape index (κ2) is 4.19. The van der Waals surface area contributed by atoms with Crippen molar-refractivity contribution in [2.75, 3.05) is 0 Å². The predicted molar refractivity (Wildman–Crippen MR) is 72.3 cm³/mol. The molecular formula is C14H15FN4. The number of para-hydroxylation sites is 1. The Hall–Kier alpha value is -2.17. The molecular weight excluding hydrogens is 243 g/mol. The van der Waals surface area contributed by atoms with Gasteiger partial charge in [-0.2, -0.15) is 5.10 Å². The Morgan fingerprint density at radius 3 is 2.68 bits per heavy atom. The monoisotopic (exact) mass is 258 g/mol. The zero-order valence-corrected chi connectivity index (χ0v) is 11.1. The first-order chi connectivity index (χ1) is 9.08. The molecule has 0 aliphatic carbocycles. The van der Waals surface area contributed by atoms with Crippen LogP contribution in [0.3, 0.4) is 0 Å². The van der Waals surface area contributed by atoms with Crippen LogP contribution in [0, 0.1) is 5.82 Å². The highest BCUT2D eigenvalue weighted by Gasteiger charge is 2.17. The van der Waals surface area contributed by atoms with Crippen LogP contribution >= 0.6 is 0 Å². The summed E-state index contributed by atoms with van der Waals surface area (Å²) < 4.78 is 17.6. The molecule has 0 aliphatic heterocycles. The second-order valence-corrected chi connectivity index (χ2v) is 4.91. The highest BCUT2D eigenvalue weighted by atomic mass is 19.1. The van der Waals surface area contributed by atoms with Gasteiger partial charge >= 0.3 is 0 Å². The molecule has 0 radical (unpaired) electrons. The van der Waals surface area contributed by atoms with Crippen LogP contribution in [0.1, 0.15) is 19.9 Å². The molecule has 3 aromatic rings. The Labute approximate surface area is 110 Å². The van der Waals surface area contributed by atoms with Crippen LogP contribution in [0.2, 0.25) is 0 Å². The van der Waals surface area contributed by atoms with E-state index in [9.17, 15) is 4.39 Å². The summed E-state index contributed by atoms with van der Waals surface area (Å²) in [7, 11) is 1.85. The number of nitrogens with zero attached hydrogens (tertiary/aromatic N) is 4. The summed E-state index contributed by atoms with van der Waals surface area (Å²) >= 11 is 0. The van der Waals surface area contributed by atoms with Crippen molar-refractivity contribution < 1.29 is 4.39 Å². The summed E-state index contributed by atoms with van der Waals surface area (Å²) in [4.78, 5) is 4.45. The molecule has 2 heterocycles. The quantitative estimate of drug-likeness (QED) is 0.707. The summed E-state index contributed by atoms with van der Waals surface area (Å²) in [5.74, 6) is 0.463. The third kappa shape index (κ3) is 1.82. The van der Waals surface area contributed by atoms with Gasteiger partial charge in [0.05, 0.1) is 17.3 Å². The minimum atomic E-state index is -0.290. The first-order valence-corrected chi connectivity index (χ1v) is 6.23. The molecule has 0 aliphatic rings. The molecule has 0 amide bonds. The van der Waals surface area contributed by atoms with Crippen LogP contribution in [-0.4, -0.2) is 19.3 Å². The molecule has 0 unspecified atom stereocenters. The van der Waals surface area contributed by atoms with Gasteiger partial charge < -0.3 is 4.57 Å². The lowest BCUT2D eigenvalue weighted by molar-refractivity contribution is 0.623. The molecule has 0 bridgehead atoms. The van der Waals surface area contributed by atoms with Gasteiger partial charge in [-0.05, 0) is 26.0 Å². The van der Waals surface area contributed by atoms with E-state index in [4.69, 9.17) is 0 Å². The molecule has 5 heteroatoms. The number of hydrogen-bond acceptors (Lipinski definition) is 2. The van der Waals surface area contributed by atoms with E-state index < -0.39 is 0 Å². The van der Waals surface area contributed by atoms with Crippen molar-refractivity contribution in [2.24, 2.45) is 7.05 Å². The van der Waals surface area contributed by atoms with Crippen molar-refractivity contribution >= 4 is 11.0 Å². The minimum Gasteiger partial charge on any atom is -0.321 e. The van der Waals surface area contributed by atoms with Crippen molar-refractivity contribution in [3.8, 4) is 11.4 Å². The molecule has 0 fully saturated rings. The largest absolute Gasteiger partial charge is 0.321 e. The van der Waals surface area contributed by atoms with E-state index in [0.717, 1.165) is 16.9 Å². The number of halogens is 1. The predicted octanol–water partition coefficient (Wildman–Crippen LogP) is 3.16. The smallest absolute Gasteiger partial charge is 0.151 e. The van der Waals surface area contributed by atoms with E-state index in [1.165, 1.54) is 6.07 Å². The van der Waals surface area contributed by atoms with Crippen molar-refractivity contribution in [3.63, 3.8) is 0 Å². The number of rotatable bonds is 2. The van der Waals surface area contributed by atoms with Gasteiger partial charge in [-0.25, -0.2) is 9.37 Å². The van der Waals surface area contributed by atoms with Crippen LogP contribution in [0.25, 0.3) is 22.4 Å². The van der Waals surface area contributed by atoms with Crippen LogP contribution in [0.5, 0.6) is 0 Å². The second-order valence-electron chi connectivity index (χ2n) is 4.91. The van der Waals surface area contributed by atoms with E-state index in [1.807, 2.05) is 23.9 Å². The standard InChI is InChI=1S/C14H15FN4/c1-9(2)19-12-6-4-5-11(15)13(12)17-14(19)10-7-16-18(3)8-10/h4-9H,1-3H3. The lowest BCUT2D eigenvalue weighted by Crippen LogP contribution is -2.02. The minimum absolute atomic E-state index is 0.196. The maximum atomic E-state index is 13.9. The molecule has 2 aromatic heterocycles. The van der Waals surface area contributed by atoms with Crippen LogP contribution in [-0.2, 0) is 7.05 Å². The topological polar surface area (TPSA) is 35.6 Å². The molecule has 0 saturated heterocycles. The normalized spacial score (nSPS) is 11.6. The zero-order valence-electron chi connectivity index (χ0n) is 11.1. The van der Waals surface area contributed by atoms with E-state index in [0.29, 0.717) is 5.52 Å². The number of imidazole rings is 1. The fraction of sp³-hybridized carbons (Fsp3) is 0.286. The maximum Gasteiger partial charge on any atom is 0.151 e. The summed E-state index contributed by atoms with van der Waals surface area (Å²) in [5, 5.41) is 4.16. The number of aromatic nitrogens is 4. The van der Waals surface area contributed by atoms with Crippen molar-refractivity contribution in [2.45, 2.75) is 19.9 Å². The molecule has 0 saturated carbocycles. The van der Waals surface area contributed by atoms with Gasteiger partial charge in [-0.15, -0.1) is 0 Å². The van der Waals surface area contributed by atoms with Gasteiger partial charge in [0.15, 0.2) is 5.82 Å². The van der Waals surface area contributed by atoms with E-state index in [1.54, 1.807) is 16.9 Å². The highest BCUT2D eigenvalue weighted by molar-refractivity contribution is 5.81. The molecule has 0 atom stereocenters. The van der Waals surface area contributed by atoms with Gasteiger partial charge in [0.2, 0.25) is 0 Å². The average molecular weight is 258 g/mol. The Morgan fingerprint density at radius 2 is 2.05 bits per heavy atom. The van der Waals surface area contributed by atoms with Gasteiger partial charge in [0, 0.05) is 19.3 Å². The zero-order chi connectivity index (χ0) is 13.6. The van der Waals surface area contributed by atoms with Gasteiger partial charge in [0.25, 0.3) is 0 Å². The molecule has 0 N–H and O–H groups in total. The Balaban J connectivity index is 2.35. The Morgan fingerprint density at radius 1 is 1.26 bits per heavy atom. The average Bonchev–Trinajstić information content (AvgIpc) is 2.93. The first-order valence-electron chi connectivity index (χ1n) is 6.23. The number of aryl methyl sites for hydroxylation is 1. The molecule has 98 valence electrons. The first kappa shape index (κ1) is 11.9. The number of benzene rings is 1. The van der Waals surface area contributed by atoms with E-state index >= 15 is 0 Å². The SMILES string of the molecule is CC(C)n1c(-c2cnn(C)c2)nc2c(F)cccc21. The van der Waals surface area contributed by atoms with Crippen molar-refractivity contribution in [1.82, 2.24) is 19.3 Å². The molecule has 0 spiro atoms. The number of hydrogen-bond donors (Lipinski definition) is 0. The Kier molecular flexibility index (Phi) is 2.62. The molecule has 4 nitrogen and oxygen atoms in total. The van der Waals surface area contributed by atoms with Crippen LogP contribution in [0.4, 0.5) is 4.39 Å². The van der Waals surface area contributed by atoms with Crippen molar-refractivity contribution in [1.29, 1.82) is 0 Å². The highest BCUT2D eigenvalue weighted by Crippen LogP contribution is 2.29. The number of fused-ring (bicyclic) bond motifs is 1. The van der Waals surface area contributed by atoms with Crippen molar-refractivity contribution in [3.05, 3.63) is 36.4 Å². The summed E-state index contributed by atoms with van der Waals surface area (Å²) in [5.41, 5.74) is 2.12. The van der Waals surface area contributed by atoms with Crippen LogP contribution < -0.4 is 0 Å². The molecule has 3 rings (SSSR count). The fourth-order valence-electron chi connectivity index (χ4n) is 2.35. The van der Waals surface area contributed by atoms with Crippen LogP contribution in [0.15, 0.2) is 30.6 Å². The summed E-state index contributed by atoms with van der Waals surface area (Å²) in [6.07, 6.45) is 3.63. The molecule has 19 heavy (non-hydrogen) atoms. The molecule has 1 aromatic carbocycles. The third-order valence-electron chi connectivity index (χ3n) is 3.15. The lowest BCUT2D eigenvalue weighted by atomic mass is 10.2. The maximum absolute atomic E-state index is 13.9. The van der Waals surface area contributed by atoms with Gasteiger partial charge in [0.1, 0.15) is 11.3 Å². The summed E-state index contributed by atoms with van der Waals surface area (Å²) in [6, 6.07) is 5.24.